The number of hydrogen-bond acceptors (Lipinski definition) is 9. The third-order valence-corrected chi connectivity index (χ3v) is 8.59. The maximum atomic E-state index is 13.2. The van der Waals surface area contributed by atoms with Gasteiger partial charge in [0, 0.05) is 42.8 Å². The lowest BCUT2D eigenvalue weighted by Crippen LogP contribution is -2.41. The summed E-state index contributed by atoms with van der Waals surface area (Å²) < 4.78 is 80.1. The fourth-order valence-corrected chi connectivity index (χ4v) is 5.69. The predicted octanol–water partition coefficient (Wildman–Crippen LogP) is 7.77. The maximum absolute atomic E-state index is 13.2. The summed E-state index contributed by atoms with van der Waals surface area (Å²) in [4.78, 5) is 59.9. The Morgan fingerprint density at radius 2 is 1.49 bits per heavy atom. The summed E-state index contributed by atoms with van der Waals surface area (Å²) in [7, 11) is 0. The van der Waals surface area contributed by atoms with Crippen molar-refractivity contribution in [1.29, 1.82) is 0 Å². The first-order chi connectivity index (χ1) is 25.9. The number of pyridine rings is 1. The highest BCUT2D eigenvalue weighted by molar-refractivity contribution is 6.41. The van der Waals surface area contributed by atoms with Gasteiger partial charge in [-0.1, -0.05) is 11.6 Å². The number of carbonyl (C=O) groups is 4. The van der Waals surface area contributed by atoms with Gasteiger partial charge in [-0.2, -0.15) is 31.3 Å². The number of likely N-dealkylation sites (tertiary alicyclic amines) is 1. The number of aryl methyl sites for hydroxylation is 2. The highest BCUT2D eigenvalue weighted by Gasteiger charge is 2.54. The summed E-state index contributed by atoms with van der Waals surface area (Å²) in [5, 5.41) is 12.7. The molecular weight excluding hydrogens is 765 g/mol. The summed E-state index contributed by atoms with van der Waals surface area (Å²) in [6.45, 7) is 1.09. The van der Waals surface area contributed by atoms with Crippen molar-refractivity contribution in [2.75, 3.05) is 34.4 Å². The molecule has 0 aliphatic carbocycles. The number of aromatic nitrogens is 3. The number of anilines is 6. The van der Waals surface area contributed by atoms with Crippen LogP contribution in [0, 0.1) is 11.7 Å². The molecular formula is C35H30ClF7N8O4. The van der Waals surface area contributed by atoms with E-state index in [9.17, 15) is 49.9 Å². The number of amides is 3. The quantitative estimate of drug-likeness (QED) is 0.117. The van der Waals surface area contributed by atoms with Crippen LogP contribution < -0.4 is 21.3 Å². The van der Waals surface area contributed by atoms with Crippen LogP contribution in [0.5, 0.6) is 0 Å². The number of rotatable bonds is 5. The van der Waals surface area contributed by atoms with Crippen LogP contribution in [0.15, 0.2) is 67.1 Å². The minimum absolute atomic E-state index is 0.0644. The van der Waals surface area contributed by atoms with Crippen molar-refractivity contribution in [3.63, 3.8) is 0 Å². The number of urea groups is 1. The highest BCUT2D eigenvalue weighted by atomic mass is 35.5. The normalized spacial score (nSPS) is 14.3. The molecule has 2 aromatic heterocycles. The Morgan fingerprint density at radius 3 is 2.15 bits per heavy atom. The number of alkyl halides is 6. The Balaban J connectivity index is 0.000000418. The number of Topliss-reactive ketones (excluding diaryl/α,β-unsaturated/α-hetero) is 2. The molecule has 12 nitrogen and oxygen atoms in total. The first-order valence-corrected chi connectivity index (χ1v) is 16.8. The summed E-state index contributed by atoms with van der Waals surface area (Å²) in [5.74, 6) is -6.21. The molecule has 55 heavy (non-hydrogen) atoms. The van der Waals surface area contributed by atoms with E-state index < -0.39 is 23.9 Å². The van der Waals surface area contributed by atoms with Gasteiger partial charge in [-0.05, 0) is 91.3 Å². The second-order valence-electron chi connectivity index (χ2n) is 12.4. The standard InChI is InChI=1S/C31H30ClFN8O2.C4F6O2/c32-26-18-35-30-37-25-13-20(16-34-17-25)1-2-21-15-24(36-29(26)40-30)7-8-27(21)39-28(42)14-19-9-11-41(12-10-19)31(43)38-23-5-3-22(33)4-6-23;5-3(6,7)1(11)2(12)4(8,9)10/h3-8,13,15-19H,1-2,9-12,14H2,(H,38,43)(H,39,42)(H2,35,36,37,40);. The lowest BCUT2D eigenvalue weighted by atomic mass is 9.93. The summed E-state index contributed by atoms with van der Waals surface area (Å²) in [5.41, 5.74) is 4.85. The van der Waals surface area contributed by atoms with Crippen LogP contribution in [0.2, 0.25) is 5.02 Å². The summed E-state index contributed by atoms with van der Waals surface area (Å²) in [6.07, 6.45) is -3.27. The van der Waals surface area contributed by atoms with Crippen molar-refractivity contribution in [2.24, 2.45) is 5.92 Å². The molecule has 0 radical (unpaired) electrons. The van der Waals surface area contributed by atoms with Gasteiger partial charge in [0.05, 0.1) is 18.1 Å². The average Bonchev–Trinajstić information content (AvgIpc) is 3.13. The van der Waals surface area contributed by atoms with Crippen molar-refractivity contribution in [1.82, 2.24) is 19.9 Å². The van der Waals surface area contributed by atoms with E-state index in [1.54, 1.807) is 11.1 Å². The third kappa shape index (κ3) is 11.3. The van der Waals surface area contributed by atoms with E-state index in [1.807, 2.05) is 30.5 Å². The maximum Gasteiger partial charge on any atom is 0.458 e. The number of fused-ring (bicyclic) bond motifs is 6. The third-order valence-electron chi connectivity index (χ3n) is 8.31. The molecule has 1 fully saturated rings. The van der Waals surface area contributed by atoms with Crippen LogP contribution in [0.3, 0.4) is 0 Å². The first-order valence-electron chi connectivity index (χ1n) is 16.4. The topological polar surface area (TPSA) is 158 Å². The Kier molecular flexibility index (Phi) is 12.5. The molecule has 0 saturated carbocycles. The molecule has 0 spiro atoms. The number of halogens is 8. The molecule has 0 atom stereocenters. The monoisotopic (exact) mass is 794 g/mol. The average molecular weight is 795 g/mol. The number of piperidine rings is 1. The van der Waals surface area contributed by atoms with Crippen LogP contribution in [-0.2, 0) is 27.2 Å². The molecule has 20 heteroatoms. The van der Waals surface area contributed by atoms with Crippen molar-refractivity contribution >= 4 is 69.6 Å². The SMILES string of the molecule is O=C(C(=O)C(F)(F)F)C(F)(F)F.O=C(CC1CCN(C(=O)Nc2ccc(F)cc2)CC1)Nc1ccc2cc1CCc1cncc(c1)Nc1ncc(Cl)c(n1)N2. The van der Waals surface area contributed by atoms with Gasteiger partial charge in [-0.3, -0.25) is 19.4 Å². The van der Waals surface area contributed by atoms with E-state index in [0.29, 0.717) is 54.8 Å². The Morgan fingerprint density at radius 1 is 0.818 bits per heavy atom. The summed E-state index contributed by atoms with van der Waals surface area (Å²) in [6, 6.07) is 13.2. The van der Waals surface area contributed by atoms with Gasteiger partial charge in [0.2, 0.25) is 11.9 Å². The van der Waals surface area contributed by atoms with Gasteiger partial charge in [0.1, 0.15) is 10.8 Å². The van der Waals surface area contributed by atoms with Gasteiger partial charge in [-0.15, -0.1) is 0 Å². The van der Waals surface area contributed by atoms with E-state index in [4.69, 9.17) is 11.6 Å². The molecule has 2 aliphatic heterocycles. The molecule has 6 bridgehead atoms. The Hall–Kier alpha value is -5.85. The fraction of sp³-hybridized carbons (Fsp3) is 0.286. The fourth-order valence-electron chi connectivity index (χ4n) is 5.55. The zero-order valence-corrected chi connectivity index (χ0v) is 29.1. The smallest absolute Gasteiger partial charge is 0.339 e. The van der Waals surface area contributed by atoms with Crippen molar-refractivity contribution in [3.8, 4) is 0 Å². The number of ketones is 2. The van der Waals surface area contributed by atoms with Crippen molar-refractivity contribution in [3.05, 3.63) is 89.1 Å². The van der Waals surface area contributed by atoms with E-state index in [1.165, 1.54) is 30.5 Å². The number of nitrogens with one attached hydrogen (secondary N) is 4. The van der Waals surface area contributed by atoms with Crippen LogP contribution in [0.1, 0.15) is 30.4 Å². The van der Waals surface area contributed by atoms with E-state index in [0.717, 1.165) is 41.0 Å². The number of carbonyl (C=O) groups excluding carboxylic acids is 4. The van der Waals surface area contributed by atoms with Gasteiger partial charge < -0.3 is 26.2 Å². The van der Waals surface area contributed by atoms with E-state index in [2.05, 4.69) is 36.2 Å². The molecule has 290 valence electrons. The number of benzene rings is 2. The lowest BCUT2D eigenvalue weighted by Gasteiger charge is -2.31. The minimum Gasteiger partial charge on any atom is -0.339 e. The van der Waals surface area contributed by atoms with Crippen molar-refractivity contribution in [2.45, 2.75) is 44.5 Å². The zero-order chi connectivity index (χ0) is 39.9. The second kappa shape index (κ2) is 17.1. The Labute approximate surface area is 312 Å². The first kappa shape index (κ1) is 40.3. The van der Waals surface area contributed by atoms with Gasteiger partial charge >= 0.3 is 30.0 Å². The van der Waals surface area contributed by atoms with Crippen LogP contribution in [0.25, 0.3) is 0 Å². The molecule has 1 saturated heterocycles. The molecule has 2 aromatic carbocycles. The van der Waals surface area contributed by atoms with Crippen LogP contribution >= 0.6 is 11.6 Å². The molecule has 0 unspecified atom stereocenters. The Bertz CT molecular complexity index is 2030. The van der Waals surface area contributed by atoms with E-state index >= 15 is 0 Å². The van der Waals surface area contributed by atoms with Gasteiger partial charge in [-0.25, -0.2) is 14.2 Å². The predicted molar refractivity (Wildman–Crippen MR) is 187 cm³/mol. The van der Waals surface area contributed by atoms with Crippen LogP contribution in [-0.4, -0.2) is 68.8 Å². The van der Waals surface area contributed by atoms with Gasteiger partial charge in [0.25, 0.3) is 0 Å². The van der Waals surface area contributed by atoms with Crippen LogP contribution in [0.4, 0.5) is 70.0 Å². The lowest BCUT2D eigenvalue weighted by molar-refractivity contribution is -0.193. The molecule has 4 heterocycles. The molecule has 2 aliphatic rings. The minimum atomic E-state index is -5.77. The zero-order valence-electron chi connectivity index (χ0n) is 28.3. The summed E-state index contributed by atoms with van der Waals surface area (Å²) >= 11 is 6.37. The molecule has 4 aromatic rings. The number of nitrogens with zero attached hydrogens (tertiary/aromatic N) is 4. The molecule has 4 N–H and O–H groups in total. The molecule has 3 amide bonds. The largest absolute Gasteiger partial charge is 0.458 e. The van der Waals surface area contributed by atoms with Crippen molar-refractivity contribution < 1.29 is 49.9 Å². The van der Waals surface area contributed by atoms with E-state index in [-0.39, 0.29) is 23.7 Å². The highest BCUT2D eigenvalue weighted by Crippen LogP contribution is 2.30. The number of hydrogen-bond donors (Lipinski definition) is 4. The van der Waals surface area contributed by atoms with Gasteiger partial charge in [0.15, 0.2) is 5.82 Å². The second-order valence-corrected chi connectivity index (χ2v) is 12.8. The molecule has 6 rings (SSSR count).